The molecule has 1 atom stereocenters. The van der Waals surface area contributed by atoms with E-state index in [1.807, 2.05) is 0 Å². The van der Waals surface area contributed by atoms with Gasteiger partial charge in [-0.05, 0) is 23.6 Å². The first-order valence-corrected chi connectivity index (χ1v) is 8.93. The molecule has 29 heavy (non-hydrogen) atoms. The van der Waals surface area contributed by atoms with E-state index in [-0.39, 0.29) is 36.9 Å². The SMILES string of the molecule is Cl.Cl.Fc1cc(C(F)(F)F)cc(C(F)(F)F)c1[C@@H](c1cccs1)N1CCNCC1. The summed E-state index contributed by atoms with van der Waals surface area (Å²) in [7, 11) is 0. The van der Waals surface area contributed by atoms with E-state index in [9.17, 15) is 30.7 Å². The number of alkyl halides is 6. The molecule has 2 heterocycles. The van der Waals surface area contributed by atoms with Gasteiger partial charge in [-0.1, -0.05) is 6.07 Å². The zero-order chi connectivity index (χ0) is 19.8. The smallest absolute Gasteiger partial charge is 0.314 e. The number of halogens is 9. The minimum atomic E-state index is -5.12. The number of piperazine rings is 1. The molecule has 0 bridgehead atoms. The topological polar surface area (TPSA) is 15.3 Å². The maximum atomic E-state index is 14.7. The molecule has 0 saturated carbocycles. The Morgan fingerprint density at radius 2 is 1.59 bits per heavy atom. The van der Waals surface area contributed by atoms with Crippen molar-refractivity contribution in [1.82, 2.24) is 10.2 Å². The Hall–Kier alpha value is -1.07. The average Bonchev–Trinajstić information content (AvgIpc) is 3.09. The van der Waals surface area contributed by atoms with Crippen molar-refractivity contribution in [3.63, 3.8) is 0 Å². The van der Waals surface area contributed by atoms with Crippen molar-refractivity contribution in [3.8, 4) is 0 Å². The molecule has 0 radical (unpaired) electrons. The van der Waals surface area contributed by atoms with Crippen LogP contribution < -0.4 is 5.32 Å². The highest BCUT2D eigenvalue weighted by Crippen LogP contribution is 2.44. The quantitative estimate of drug-likeness (QED) is 0.557. The number of benzene rings is 1. The van der Waals surface area contributed by atoms with E-state index >= 15 is 0 Å². The molecule has 0 unspecified atom stereocenters. The van der Waals surface area contributed by atoms with Crippen LogP contribution >= 0.6 is 36.2 Å². The fourth-order valence-corrected chi connectivity index (χ4v) is 4.05. The van der Waals surface area contributed by atoms with Crippen molar-refractivity contribution < 1.29 is 30.7 Å². The van der Waals surface area contributed by atoms with Gasteiger partial charge in [0.05, 0.1) is 17.2 Å². The average molecular weight is 485 g/mol. The highest BCUT2D eigenvalue weighted by Gasteiger charge is 2.43. The summed E-state index contributed by atoms with van der Waals surface area (Å²) in [4.78, 5) is 2.10. The Morgan fingerprint density at radius 1 is 0.966 bits per heavy atom. The van der Waals surface area contributed by atoms with Crippen molar-refractivity contribution in [2.75, 3.05) is 26.2 Å². The molecule has 2 aromatic rings. The predicted octanol–water partition coefficient (Wildman–Crippen LogP) is 5.76. The van der Waals surface area contributed by atoms with Gasteiger partial charge in [-0.2, -0.15) is 26.3 Å². The van der Waals surface area contributed by atoms with Crippen molar-refractivity contribution in [2.24, 2.45) is 0 Å². The lowest BCUT2D eigenvalue weighted by atomic mass is 9.93. The highest BCUT2D eigenvalue weighted by molar-refractivity contribution is 7.10. The normalized spacial score (nSPS) is 16.7. The fourth-order valence-electron chi connectivity index (χ4n) is 3.19. The standard InChI is InChI=1S/C17H15F7N2S.2ClH/c18-12-9-10(16(19,20)21)8-11(17(22,23)24)14(12)15(13-2-1-7-27-13)26-5-3-25-4-6-26;;/h1-2,7-9,15,25H,3-6H2;2*1H/t15-;;/m1../s1. The maximum absolute atomic E-state index is 14.7. The third kappa shape index (κ3) is 5.75. The first-order valence-electron chi connectivity index (χ1n) is 8.05. The first kappa shape index (κ1) is 26.0. The number of nitrogens with zero attached hydrogens (tertiary/aromatic N) is 1. The molecule has 1 fully saturated rings. The monoisotopic (exact) mass is 484 g/mol. The number of hydrogen-bond donors (Lipinski definition) is 1. The summed E-state index contributed by atoms with van der Waals surface area (Å²) in [5.41, 5.74) is -4.01. The third-order valence-electron chi connectivity index (χ3n) is 4.37. The van der Waals surface area contributed by atoms with E-state index in [1.54, 1.807) is 22.4 Å². The molecule has 0 amide bonds. The van der Waals surface area contributed by atoms with Crippen molar-refractivity contribution >= 4 is 36.2 Å². The summed E-state index contributed by atoms with van der Waals surface area (Å²) in [6.45, 7) is 1.68. The van der Waals surface area contributed by atoms with Crippen molar-refractivity contribution in [1.29, 1.82) is 0 Å². The van der Waals surface area contributed by atoms with Crippen LogP contribution in [0.4, 0.5) is 30.7 Å². The maximum Gasteiger partial charge on any atom is 0.416 e. The van der Waals surface area contributed by atoms with Gasteiger partial charge in [-0.25, -0.2) is 4.39 Å². The van der Waals surface area contributed by atoms with Gasteiger partial charge in [0.2, 0.25) is 0 Å². The van der Waals surface area contributed by atoms with Gasteiger partial charge in [0.25, 0.3) is 0 Å². The van der Waals surface area contributed by atoms with Crippen LogP contribution in [0, 0.1) is 5.82 Å². The second kappa shape index (κ2) is 9.82. The van der Waals surface area contributed by atoms with Crippen LogP contribution in [0.1, 0.15) is 27.6 Å². The highest BCUT2D eigenvalue weighted by atomic mass is 35.5. The molecular formula is C17H17Cl2F7N2S. The molecule has 1 saturated heterocycles. The molecule has 2 nitrogen and oxygen atoms in total. The Labute approximate surface area is 178 Å². The van der Waals surface area contributed by atoms with E-state index < -0.39 is 40.9 Å². The van der Waals surface area contributed by atoms with Gasteiger partial charge in [0.15, 0.2) is 0 Å². The Balaban J connectivity index is 0.00000210. The van der Waals surface area contributed by atoms with Crippen LogP contribution in [0.3, 0.4) is 0 Å². The van der Waals surface area contributed by atoms with E-state index in [0.29, 0.717) is 31.1 Å². The van der Waals surface area contributed by atoms with Gasteiger partial charge in [-0.3, -0.25) is 4.90 Å². The molecule has 12 heteroatoms. The summed E-state index contributed by atoms with van der Waals surface area (Å²) >= 11 is 1.14. The minimum absolute atomic E-state index is 0. The summed E-state index contributed by atoms with van der Waals surface area (Å²) < 4.78 is 94.4. The van der Waals surface area contributed by atoms with E-state index in [2.05, 4.69) is 5.32 Å². The Kier molecular flexibility index (Phi) is 8.80. The molecular weight excluding hydrogens is 468 g/mol. The molecule has 1 aliphatic rings. The lowest BCUT2D eigenvalue weighted by molar-refractivity contribution is -0.144. The minimum Gasteiger partial charge on any atom is -0.314 e. The van der Waals surface area contributed by atoms with Crippen LogP contribution in [0.2, 0.25) is 0 Å². The molecule has 164 valence electrons. The molecule has 0 aliphatic carbocycles. The zero-order valence-corrected chi connectivity index (χ0v) is 17.1. The molecule has 3 rings (SSSR count). The number of thiophene rings is 1. The summed E-state index contributed by atoms with van der Waals surface area (Å²) in [5, 5.41) is 4.69. The second-order valence-corrected chi connectivity index (χ2v) is 7.10. The van der Waals surface area contributed by atoms with Crippen LogP contribution in [0.25, 0.3) is 0 Å². The molecule has 0 spiro atoms. The first-order chi connectivity index (χ1) is 12.6. The van der Waals surface area contributed by atoms with Crippen molar-refractivity contribution in [2.45, 2.75) is 18.4 Å². The lowest BCUT2D eigenvalue weighted by Crippen LogP contribution is -2.45. The molecule has 1 aromatic heterocycles. The van der Waals surface area contributed by atoms with Gasteiger partial charge in [0, 0.05) is 36.6 Å². The fraction of sp³-hybridized carbons (Fsp3) is 0.412. The van der Waals surface area contributed by atoms with Crippen LogP contribution in [0.5, 0.6) is 0 Å². The Bertz CT molecular complexity index is 788. The van der Waals surface area contributed by atoms with Crippen molar-refractivity contribution in [3.05, 3.63) is 57.0 Å². The van der Waals surface area contributed by atoms with Crippen LogP contribution in [-0.4, -0.2) is 31.1 Å². The Morgan fingerprint density at radius 3 is 2.07 bits per heavy atom. The summed E-state index contributed by atoms with van der Waals surface area (Å²) in [5.74, 6) is -1.51. The van der Waals surface area contributed by atoms with Gasteiger partial charge in [-0.15, -0.1) is 36.2 Å². The number of hydrogen-bond acceptors (Lipinski definition) is 3. The van der Waals surface area contributed by atoms with E-state index in [4.69, 9.17) is 0 Å². The van der Waals surface area contributed by atoms with E-state index in [1.165, 1.54) is 0 Å². The second-order valence-electron chi connectivity index (χ2n) is 6.12. The van der Waals surface area contributed by atoms with Crippen LogP contribution in [-0.2, 0) is 12.4 Å². The van der Waals surface area contributed by atoms with Gasteiger partial charge < -0.3 is 5.32 Å². The summed E-state index contributed by atoms with van der Waals surface area (Å²) in [6, 6.07) is 2.22. The zero-order valence-electron chi connectivity index (χ0n) is 14.6. The lowest BCUT2D eigenvalue weighted by Gasteiger charge is -2.36. The third-order valence-corrected chi connectivity index (χ3v) is 5.29. The number of nitrogens with one attached hydrogen (secondary N) is 1. The summed E-state index contributed by atoms with van der Waals surface area (Å²) in [6.07, 6.45) is -10.2. The largest absolute Gasteiger partial charge is 0.416 e. The molecule has 1 N–H and O–H groups in total. The molecule has 1 aromatic carbocycles. The molecule has 1 aliphatic heterocycles. The predicted molar refractivity (Wildman–Crippen MR) is 102 cm³/mol. The number of rotatable bonds is 3. The van der Waals surface area contributed by atoms with Gasteiger partial charge in [0.1, 0.15) is 5.82 Å². The van der Waals surface area contributed by atoms with Gasteiger partial charge >= 0.3 is 12.4 Å². The van der Waals surface area contributed by atoms with Crippen LogP contribution in [0.15, 0.2) is 29.6 Å². The van der Waals surface area contributed by atoms with E-state index in [0.717, 1.165) is 11.3 Å².